The summed E-state index contributed by atoms with van der Waals surface area (Å²) in [5.41, 5.74) is 3.05. The van der Waals surface area contributed by atoms with Crippen molar-refractivity contribution in [1.82, 2.24) is 10.3 Å². The van der Waals surface area contributed by atoms with Gasteiger partial charge in [-0.3, -0.25) is 4.79 Å². The van der Waals surface area contributed by atoms with Crippen LogP contribution in [0.25, 0.3) is 6.08 Å². The van der Waals surface area contributed by atoms with Crippen LogP contribution in [0.1, 0.15) is 56.9 Å². The summed E-state index contributed by atoms with van der Waals surface area (Å²) in [5, 5.41) is 3.52. The highest BCUT2D eigenvalue weighted by molar-refractivity contribution is 6.30. The fourth-order valence-corrected chi connectivity index (χ4v) is 4.34. The fourth-order valence-electron chi connectivity index (χ4n) is 3.95. The summed E-state index contributed by atoms with van der Waals surface area (Å²) < 4.78 is 53.9. The summed E-state index contributed by atoms with van der Waals surface area (Å²) in [6.45, 7) is 3.06. The Hall–Kier alpha value is -2.74. The molecule has 1 aromatic heterocycles. The van der Waals surface area contributed by atoms with Crippen LogP contribution < -0.4 is 5.32 Å². The molecule has 4 rings (SSSR count). The average molecular weight is 553 g/mol. The number of nitrogens with one attached hydrogen (secondary N) is 1. The van der Waals surface area contributed by atoms with E-state index in [4.69, 9.17) is 23.2 Å². The van der Waals surface area contributed by atoms with Crippen molar-refractivity contribution in [3.8, 4) is 0 Å². The van der Waals surface area contributed by atoms with Gasteiger partial charge in [0, 0.05) is 17.3 Å². The maximum absolute atomic E-state index is 13.6. The van der Waals surface area contributed by atoms with Crippen LogP contribution in [0.5, 0.6) is 0 Å². The van der Waals surface area contributed by atoms with Crippen LogP contribution in [0.3, 0.4) is 0 Å². The second-order valence-corrected chi connectivity index (χ2v) is 9.74. The molecule has 1 fully saturated rings. The third-order valence-electron chi connectivity index (χ3n) is 6.35. The van der Waals surface area contributed by atoms with Crippen molar-refractivity contribution in [2.24, 2.45) is 0 Å². The van der Waals surface area contributed by atoms with E-state index in [0.717, 1.165) is 18.2 Å². The number of carbonyl (C=O) groups is 1. The highest BCUT2D eigenvalue weighted by Crippen LogP contribution is 2.44. The van der Waals surface area contributed by atoms with E-state index in [1.54, 1.807) is 25.1 Å². The number of halogens is 6. The summed E-state index contributed by atoms with van der Waals surface area (Å²) in [6, 6.07) is 10.7. The SMILES string of the molecule is CNC1(c2ccc(Cl)nc2)CC1.Cc1cc(/C=C/C(c2cc(C)c(F)c(Cl)c2)C(F)(F)F)ccc1C=O. The summed E-state index contributed by atoms with van der Waals surface area (Å²) in [6.07, 6.45) is 2.71. The Kier molecular flexibility index (Phi) is 9.16. The smallest absolute Gasteiger partial charge is 0.310 e. The first-order valence-corrected chi connectivity index (χ1v) is 12.2. The van der Waals surface area contributed by atoms with Gasteiger partial charge in [-0.2, -0.15) is 13.2 Å². The number of aldehydes is 1. The fraction of sp³-hybridized carbons (Fsp3) is 0.286. The molecule has 0 aliphatic heterocycles. The van der Waals surface area contributed by atoms with Gasteiger partial charge in [-0.25, -0.2) is 9.37 Å². The molecule has 1 aliphatic carbocycles. The monoisotopic (exact) mass is 552 g/mol. The largest absolute Gasteiger partial charge is 0.399 e. The predicted molar refractivity (Wildman–Crippen MR) is 140 cm³/mol. The molecule has 0 spiro atoms. The second kappa shape index (κ2) is 11.8. The average Bonchev–Trinajstić information content (AvgIpc) is 3.64. The number of alkyl halides is 3. The number of rotatable bonds is 6. The van der Waals surface area contributed by atoms with E-state index < -0.39 is 17.9 Å². The maximum Gasteiger partial charge on any atom is 0.399 e. The lowest BCUT2D eigenvalue weighted by Crippen LogP contribution is -2.24. The molecule has 3 aromatic rings. The lowest BCUT2D eigenvalue weighted by Gasteiger charge is -2.18. The van der Waals surface area contributed by atoms with Crippen molar-refractivity contribution in [3.63, 3.8) is 0 Å². The topological polar surface area (TPSA) is 42.0 Å². The molecular weight excluding hydrogens is 527 g/mol. The predicted octanol–water partition coefficient (Wildman–Crippen LogP) is 8.21. The number of hydrogen-bond donors (Lipinski definition) is 1. The molecule has 0 radical (unpaired) electrons. The number of aromatic nitrogens is 1. The lowest BCUT2D eigenvalue weighted by molar-refractivity contribution is -0.139. The third-order valence-corrected chi connectivity index (χ3v) is 6.85. The summed E-state index contributed by atoms with van der Waals surface area (Å²) in [4.78, 5) is 14.9. The van der Waals surface area contributed by atoms with E-state index in [9.17, 15) is 22.4 Å². The van der Waals surface area contributed by atoms with Gasteiger partial charge in [-0.1, -0.05) is 65.7 Å². The van der Waals surface area contributed by atoms with Crippen molar-refractivity contribution in [1.29, 1.82) is 0 Å². The first kappa shape index (κ1) is 28.8. The van der Waals surface area contributed by atoms with Gasteiger partial charge in [-0.15, -0.1) is 0 Å². The summed E-state index contributed by atoms with van der Waals surface area (Å²) in [7, 11) is 1.99. The highest BCUT2D eigenvalue weighted by Gasteiger charge is 2.42. The molecule has 9 heteroatoms. The minimum absolute atomic E-state index is 0.0522. The Labute approximate surface area is 223 Å². The van der Waals surface area contributed by atoms with Crippen molar-refractivity contribution < 1.29 is 22.4 Å². The Morgan fingerprint density at radius 2 is 1.76 bits per heavy atom. The molecule has 1 heterocycles. The Balaban J connectivity index is 0.000000262. The number of hydrogen-bond acceptors (Lipinski definition) is 3. The standard InChI is InChI=1S/C19H15ClF4O.C9H11ClN2/c1-11-7-13(3-5-14(11)10-25)4-6-16(19(22,23)24)15-8-12(2)18(21)17(20)9-15;1-11-9(4-5-9)7-2-3-8(10)12-6-7/h3-10,16H,1-2H3;2-3,6,11H,4-5H2,1H3/b6-4+;. The molecular formula is C28H26Cl2F4N2O. The number of pyridine rings is 1. The molecule has 3 nitrogen and oxygen atoms in total. The highest BCUT2D eigenvalue weighted by atomic mass is 35.5. The molecule has 0 saturated heterocycles. The van der Waals surface area contributed by atoms with Crippen LogP contribution >= 0.6 is 23.2 Å². The van der Waals surface area contributed by atoms with Gasteiger partial charge < -0.3 is 5.32 Å². The zero-order chi connectivity index (χ0) is 27.4. The van der Waals surface area contributed by atoms with Gasteiger partial charge in [0.25, 0.3) is 0 Å². The van der Waals surface area contributed by atoms with Crippen LogP contribution in [0.2, 0.25) is 10.2 Å². The molecule has 1 aliphatic rings. The molecule has 0 bridgehead atoms. The van der Waals surface area contributed by atoms with Crippen LogP contribution in [0.15, 0.2) is 54.7 Å². The Morgan fingerprint density at radius 3 is 2.24 bits per heavy atom. The van der Waals surface area contributed by atoms with E-state index in [2.05, 4.69) is 10.3 Å². The van der Waals surface area contributed by atoms with E-state index in [0.29, 0.717) is 28.1 Å². The maximum atomic E-state index is 13.6. The van der Waals surface area contributed by atoms with E-state index >= 15 is 0 Å². The number of aryl methyl sites for hydroxylation is 2. The normalized spacial score (nSPS) is 15.2. The molecule has 196 valence electrons. The molecule has 37 heavy (non-hydrogen) atoms. The second-order valence-electron chi connectivity index (χ2n) is 8.95. The Bertz CT molecular complexity index is 1260. The number of benzene rings is 2. The van der Waals surface area contributed by atoms with Crippen molar-refractivity contribution in [2.45, 2.75) is 44.3 Å². The molecule has 1 N–H and O–H groups in total. The molecule has 0 amide bonds. The van der Waals surface area contributed by atoms with Crippen molar-refractivity contribution in [3.05, 3.63) is 104 Å². The van der Waals surface area contributed by atoms with Gasteiger partial charge in [0.2, 0.25) is 0 Å². The molecule has 1 unspecified atom stereocenters. The van der Waals surface area contributed by atoms with E-state index in [-0.39, 0.29) is 21.7 Å². The molecule has 1 saturated carbocycles. The quantitative estimate of drug-likeness (QED) is 0.190. The zero-order valence-corrected chi connectivity index (χ0v) is 22.0. The summed E-state index contributed by atoms with van der Waals surface area (Å²) in [5.74, 6) is -2.65. The van der Waals surface area contributed by atoms with Gasteiger partial charge in [-0.05, 0) is 73.7 Å². The van der Waals surface area contributed by atoms with Crippen molar-refractivity contribution in [2.75, 3.05) is 7.05 Å². The minimum atomic E-state index is -4.55. The van der Waals surface area contributed by atoms with Gasteiger partial charge >= 0.3 is 6.18 Å². The number of carbonyl (C=O) groups excluding carboxylic acids is 1. The third kappa shape index (κ3) is 7.18. The molecule has 2 aromatic carbocycles. The first-order valence-electron chi connectivity index (χ1n) is 11.5. The van der Waals surface area contributed by atoms with Crippen molar-refractivity contribution >= 4 is 35.6 Å². The minimum Gasteiger partial charge on any atom is -0.310 e. The number of allylic oxidation sites excluding steroid dienone is 1. The lowest BCUT2D eigenvalue weighted by atomic mass is 9.95. The summed E-state index contributed by atoms with van der Waals surface area (Å²) >= 11 is 11.4. The zero-order valence-electron chi connectivity index (χ0n) is 20.5. The van der Waals surface area contributed by atoms with E-state index in [1.165, 1.54) is 31.4 Å². The van der Waals surface area contributed by atoms with Crippen LogP contribution in [-0.4, -0.2) is 24.5 Å². The van der Waals surface area contributed by atoms with Crippen LogP contribution in [0.4, 0.5) is 17.6 Å². The first-order chi connectivity index (χ1) is 17.4. The molecule has 1 atom stereocenters. The Morgan fingerprint density at radius 1 is 1.05 bits per heavy atom. The van der Waals surface area contributed by atoms with Gasteiger partial charge in [0.15, 0.2) is 0 Å². The van der Waals surface area contributed by atoms with Crippen LogP contribution in [0, 0.1) is 19.7 Å². The van der Waals surface area contributed by atoms with Crippen LogP contribution in [-0.2, 0) is 5.54 Å². The number of nitrogens with zero attached hydrogens (tertiary/aromatic N) is 1. The van der Waals surface area contributed by atoms with Gasteiger partial charge in [0.05, 0.1) is 10.9 Å². The van der Waals surface area contributed by atoms with E-state index in [1.807, 2.05) is 25.4 Å². The van der Waals surface area contributed by atoms with Gasteiger partial charge in [0.1, 0.15) is 17.3 Å².